The van der Waals surface area contributed by atoms with E-state index in [1.165, 1.54) is 0 Å². The number of rotatable bonds is 4. The van der Waals surface area contributed by atoms with Crippen molar-refractivity contribution >= 4 is 17.7 Å². The van der Waals surface area contributed by atoms with Crippen molar-refractivity contribution in [2.75, 3.05) is 0 Å². The lowest BCUT2D eigenvalue weighted by Gasteiger charge is -1.99. The molecule has 0 saturated heterocycles. The van der Waals surface area contributed by atoms with Crippen molar-refractivity contribution in [3.63, 3.8) is 0 Å². The van der Waals surface area contributed by atoms with E-state index in [0.29, 0.717) is 12.3 Å². The molecule has 9 heavy (non-hydrogen) atoms. The van der Waals surface area contributed by atoms with E-state index in [-0.39, 0.29) is 5.12 Å². The standard InChI is InChI=1S/C7H13OS/c1-6(2)4-3-5-7(8)9/h6H,3-5H2,1-2H3. The van der Waals surface area contributed by atoms with Crippen LogP contribution in [0.2, 0.25) is 0 Å². The highest BCUT2D eigenvalue weighted by Gasteiger charge is 1.97. The molecule has 0 spiro atoms. The van der Waals surface area contributed by atoms with Gasteiger partial charge in [0.05, 0.1) is 0 Å². The Balaban J connectivity index is 3.01. The van der Waals surface area contributed by atoms with Gasteiger partial charge in [0.2, 0.25) is 5.12 Å². The quantitative estimate of drug-likeness (QED) is 0.594. The zero-order chi connectivity index (χ0) is 7.28. The third-order valence-corrected chi connectivity index (χ3v) is 1.37. The van der Waals surface area contributed by atoms with Crippen LogP contribution in [0.1, 0.15) is 33.1 Å². The van der Waals surface area contributed by atoms with Crippen molar-refractivity contribution in [1.82, 2.24) is 0 Å². The Kier molecular flexibility index (Phi) is 4.68. The summed E-state index contributed by atoms with van der Waals surface area (Å²) in [7, 11) is 0. The highest BCUT2D eigenvalue weighted by Crippen LogP contribution is 2.06. The molecule has 0 aromatic heterocycles. The lowest BCUT2D eigenvalue weighted by Crippen LogP contribution is -1.90. The van der Waals surface area contributed by atoms with Gasteiger partial charge in [-0.25, -0.2) is 0 Å². The van der Waals surface area contributed by atoms with E-state index < -0.39 is 0 Å². The van der Waals surface area contributed by atoms with Crippen LogP contribution in [0.3, 0.4) is 0 Å². The Hall–Kier alpha value is -0.110. The van der Waals surface area contributed by atoms with E-state index in [1.54, 1.807) is 0 Å². The Morgan fingerprint density at radius 3 is 2.44 bits per heavy atom. The largest absolute Gasteiger partial charge is 0.282 e. The number of carbonyl (C=O) groups excluding carboxylic acids is 1. The summed E-state index contributed by atoms with van der Waals surface area (Å²) in [6, 6.07) is 0. The molecule has 0 unspecified atom stereocenters. The number of hydrogen-bond acceptors (Lipinski definition) is 1. The molecular formula is C7H13OS. The molecule has 0 heterocycles. The second kappa shape index (κ2) is 4.74. The molecule has 0 aliphatic carbocycles. The van der Waals surface area contributed by atoms with E-state index in [2.05, 4.69) is 26.5 Å². The first-order valence-electron chi connectivity index (χ1n) is 3.32. The fourth-order valence-corrected chi connectivity index (χ4v) is 0.799. The van der Waals surface area contributed by atoms with E-state index in [0.717, 1.165) is 12.8 Å². The first-order valence-corrected chi connectivity index (χ1v) is 3.73. The molecular weight excluding hydrogens is 132 g/mol. The molecule has 0 aliphatic rings. The van der Waals surface area contributed by atoms with E-state index in [9.17, 15) is 4.79 Å². The molecule has 0 aliphatic heterocycles. The number of hydrogen-bond donors (Lipinski definition) is 0. The van der Waals surface area contributed by atoms with E-state index >= 15 is 0 Å². The maximum absolute atomic E-state index is 10.2. The van der Waals surface area contributed by atoms with Gasteiger partial charge in [0, 0.05) is 6.42 Å². The van der Waals surface area contributed by atoms with Gasteiger partial charge in [-0.3, -0.25) is 4.79 Å². The summed E-state index contributed by atoms with van der Waals surface area (Å²) in [4.78, 5) is 10.2. The normalized spacial score (nSPS) is 10.1. The minimum absolute atomic E-state index is 0.101. The second-order valence-electron chi connectivity index (χ2n) is 2.66. The summed E-state index contributed by atoms with van der Waals surface area (Å²) >= 11 is 4.39. The summed E-state index contributed by atoms with van der Waals surface area (Å²) in [5.41, 5.74) is 0. The van der Waals surface area contributed by atoms with Crippen molar-refractivity contribution < 1.29 is 4.79 Å². The lowest BCUT2D eigenvalue weighted by molar-refractivity contribution is -0.110. The molecule has 0 atom stereocenters. The maximum atomic E-state index is 10.2. The molecule has 0 N–H and O–H groups in total. The highest BCUT2D eigenvalue weighted by molar-refractivity contribution is 7.96. The molecule has 0 rings (SSSR count). The van der Waals surface area contributed by atoms with Crippen LogP contribution in [0.5, 0.6) is 0 Å². The Morgan fingerprint density at radius 2 is 2.11 bits per heavy atom. The summed E-state index contributed by atoms with van der Waals surface area (Å²) in [5.74, 6) is 0.694. The third-order valence-electron chi connectivity index (χ3n) is 1.16. The summed E-state index contributed by atoms with van der Waals surface area (Å²) in [6.07, 6.45) is 2.65. The maximum Gasteiger partial charge on any atom is 0.218 e. The van der Waals surface area contributed by atoms with Gasteiger partial charge in [-0.15, -0.1) is 0 Å². The van der Waals surface area contributed by atoms with Gasteiger partial charge in [0.25, 0.3) is 0 Å². The summed E-state index contributed by atoms with van der Waals surface area (Å²) in [6.45, 7) is 4.29. The molecule has 0 saturated carbocycles. The molecule has 0 bridgehead atoms. The zero-order valence-corrected chi connectivity index (χ0v) is 6.83. The van der Waals surface area contributed by atoms with E-state index in [1.807, 2.05) is 0 Å². The van der Waals surface area contributed by atoms with Crippen LogP contribution >= 0.6 is 12.6 Å². The van der Waals surface area contributed by atoms with Crippen LogP contribution in [0.25, 0.3) is 0 Å². The third kappa shape index (κ3) is 7.89. The van der Waals surface area contributed by atoms with Crippen LogP contribution in [0.15, 0.2) is 0 Å². The minimum atomic E-state index is -0.101. The van der Waals surface area contributed by atoms with Crippen molar-refractivity contribution in [3.8, 4) is 0 Å². The topological polar surface area (TPSA) is 17.1 Å². The van der Waals surface area contributed by atoms with E-state index in [4.69, 9.17) is 0 Å². The van der Waals surface area contributed by atoms with Gasteiger partial charge in [-0.2, -0.15) is 0 Å². The van der Waals surface area contributed by atoms with Crippen LogP contribution in [-0.2, 0) is 4.79 Å². The number of carbonyl (C=O) groups is 1. The molecule has 53 valence electrons. The Labute approximate surface area is 62.2 Å². The van der Waals surface area contributed by atoms with Gasteiger partial charge in [0.1, 0.15) is 0 Å². The first-order chi connectivity index (χ1) is 4.13. The molecule has 0 aromatic rings. The Morgan fingerprint density at radius 1 is 1.56 bits per heavy atom. The zero-order valence-electron chi connectivity index (χ0n) is 6.02. The second-order valence-corrected chi connectivity index (χ2v) is 3.11. The smallest absolute Gasteiger partial charge is 0.218 e. The molecule has 0 amide bonds. The van der Waals surface area contributed by atoms with Gasteiger partial charge < -0.3 is 0 Å². The highest BCUT2D eigenvalue weighted by atomic mass is 32.1. The van der Waals surface area contributed by atoms with Gasteiger partial charge in [-0.1, -0.05) is 20.3 Å². The molecule has 2 heteroatoms. The molecule has 0 aromatic carbocycles. The molecule has 1 radical (unpaired) electrons. The van der Waals surface area contributed by atoms with Crippen molar-refractivity contribution in [3.05, 3.63) is 0 Å². The first kappa shape index (κ1) is 8.89. The van der Waals surface area contributed by atoms with Crippen molar-refractivity contribution in [1.29, 1.82) is 0 Å². The summed E-state index contributed by atoms with van der Waals surface area (Å²) in [5, 5.41) is -0.101. The SMILES string of the molecule is CC(C)CCCC(=O)[S]. The minimum Gasteiger partial charge on any atom is -0.282 e. The predicted octanol–water partition coefficient (Wildman–Crippen LogP) is 2.54. The van der Waals surface area contributed by atoms with Crippen molar-refractivity contribution in [2.45, 2.75) is 33.1 Å². The average molecular weight is 145 g/mol. The molecule has 1 nitrogen and oxygen atoms in total. The van der Waals surface area contributed by atoms with Gasteiger partial charge >= 0.3 is 0 Å². The predicted molar refractivity (Wildman–Crippen MR) is 41.3 cm³/mol. The summed E-state index contributed by atoms with van der Waals surface area (Å²) < 4.78 is 0. The van der Waals surface area contributed by atoms with Crippen LogP contribution in [0, 0.1) is 5.92 Å². The average Bonchev–Trinajstić information content (AvgIpc) is 1.63. The van der Waals surface area contributed by atoms with Crippen LogP contribution in [0.4, 0.5) is 0 Å². The van der Waals surface area contributed by atoms with Gasteiger partial charge in [-0.05, 0) is 25.0 Å². The van der Waals surface area contributed by atoms with Crippen LogP contribution < -0.4 is 0 Å². The fourth-order valence-electron chi connectivity index (χ4n) is 0.655. The fraction of sp³-hybridized carbons (Fsp3) is 0.857. The van der Waals surface area contributed by atoms with Crippen LogP contribution in [-0.4, -0.2) is 5.12 Å². The Bertz CT molecular complexity index is 88.9. The molecule has 0 fully saturated rings. The van der Waals surface area contributed by atoms with Crippen molar-refractivity contribution in [2.24, 2.45) is 5.92 Å². The van der Waals surface area contributed by atoms with Gasteiger partial charge in [0.15, 0.2) is 0 Å². The monoisotopic (exact) mass is 145 g/mol. The lowest BCUT2D eigenvalue weighted by atomic mass is 10.1.